The Morgan fingerprint density at radius 1 is 1.29 bits per heavy atom. The fourth-order valence-electron chi connectivity index (χ4n) is 3.74. The Morgan fingerprint density at radius 2 is 2.04 bits per heavy atom. The number of aryl methyl sites for hydroxylation is 1. The molecule has 2 atom stereocenters. The van der Waals surface area contributed by atoms with Gasteiger partial charge in [-0.15, -0.1) is 8.78 Å². The number of ether oxygens (including phenoxy) is 2. The molecule has 1 amide bonds. The summed E-state index contributed by atoms with van der Waals surface area (Å²) in [6.45, 7) is 2.19. The average molecular weight is 388 g/mol. The van der Waals surface area contributed by atoms with Gasteiger partial charge in [-0.05, 0) is 41.8 Å². The normalized spacial score (nSPS) is 22.6. The summed E-state index contributed by atoms with van der Waals surface area (Å²) in [7, 11) is 1.62. The van der Waals surface area contributed by atoms with Crippen LogP contribution in [0.1, 0.15) is 22.6 Å². The minimum atomic E-state index is -3.71. The number of likely N-dealkylation sites (N-methyl/N-ethyl adjacent to an activating group) is 1. The smallest absolute Gasteiger partial charge is 0.395 e. The summed E-state index contributed by atoms with van der Waals surface area (Å²) in [6, 6.07) is 6.20. The fourth-order valence-corrected chi connectivity index (χ4v) is 3.74. The van der Waals surface area contributed by atoms with Gasteiger partial charge in [0.05, 0.1) is 0 Å². The van der Waals surface area contributed by atoms with Crippen LogP contribution in [0.5, 0.6) is 11.5 Å². The molecule has 0 N–H and O–H groups in total. The van der Waals surface area contributed by atoms with Gasteiger partial charge in [-0.25, -0.2) is 0 Å². The van der Waals surface area contributed by atoms with Gasteiger partial charge >= 0.3 is 6.29 Å². The van der Waals surface area contributed by atoms with Crippen molar-refractivity contribution in [1.82, 2.24) is 9.88 Å². The van der Waals surface area contributed by atoms with Crippen LogP contribution in [0.25, 0.3) is 0 Å². The third kappa shape index (κ3) is 3.19. The molecule has 146 valence electrons. The number of alkyl halides is 2. The van der Waals surface area contributed by atoms with Crippen molar-refractivity contribution in [2.45, 2.75) is 25.6 Å². The zero-order valence-corrected chi connectivity index (χ0v) is 15.3. The number of ketones is 1. The van der Waals surface area contributed by atoms with E-state index in [-0.39, 0.29) is 29.6 Å². The van der Waals surface area contributed by atoms with E-state index in [1.165, 1.54) is 17.0 Å². The first-order valence-corrected chi connectivity index (χ1v) is 8.82. The maximum atomic E-state index is 13.3. The number of rotatable bonds is 4. The van der Waals surface area contributed by atoms with E-state index in [1.807, 2.05) is 6.92 Å². The molecule has 0 unspecified atom stereocenters. The first-order chi connectivity index (χ1) is 13.2. The molecule has 1 fully saturated rings. The summed E-state index contributed by atoms with van der Waals surface area (Å²) >= 11 is 0. The van der Waals surface area contributed by atoms with Crippen LogP contribution in [0.3, 0.4) is 0 Å². The second kappa shape index (κ2) is 6.54. The summed E-state index contributed by atoms with van der Waals surface area (Å²) in [6.07, 6.45) is -0.365. The molecule has 0 spiro atoms. The highest BCUT2D eigenvalue weighted by atomic mass is 19.3. The minimum absolute atomic E-state index is 0.0692. The molecule has 0 aliphatic carbocycles. The molecule has 3 heterocycles. The van der Waals surface area contributed by atoms with Crippen molar-refractivity contribution in [3.05, 3.63) is 53.3 Å². The molecule has 4 rings (SSSR count). The van der Waals surface area contributed by atoms with Crippen molar-refractivity contribution < 1.29 is 27.8 Å². The van der Waals surface area contributed by atoms with Crippen LogP contribution >= 0.6 is 0 Å². The van der Waals surface area contributed by atoms with Crippen LogP contribution in [0.2, 0.25) is 0 Å². The number of carbonyl (C=O) groups excluding carboxylic acids is 2. The Balaban J connectivity index is 1.62. The fraction of sp³-hybridized carbons (Fsp3) is 0.350. The van der Waals surface area contributed by atoms with Crippen LogP contribution in [-0.4, -0.2) is 41.5 Å². The number of hydrogen-bond acceptors (Lipinski definition) is 5. The third-order valence-electron chi connectivity index (χ3n) is 5.23. The molecular weight excluding hydrogens is 370 g/mol. The molecule has 8 heteroatoms. The van der Waals surface area contributed by atoms with E-state index in [0.717, 1.165) is 11.1 Å². The minimum Gasteiger partial charge on any atom is -0.395 e. The highest BCUT2D eigenvalue weighted by Gasteiger charge is 2.46. The number of fused-ring (bicyclic) bond motifs is 1. The number of hydrogen-bond donors (Lipinski definition) is 0. The zero-order valence-electron chi connectivity index (χ0n) is 15.3. The number of benzene rings is 1. The quantitative estimate of drug-likeness (QED) is 0.754. The van der Waals surface area contributed by atoms with Crippen LogP contribution in [0.15, 0.2) is 36.7 Å². The molecule has 1 saturated heterocycles. The van der Waals surface area contributed by atoms with E-state index in [4.69, 9.17) is 0 Å². The number of likely N-dealkylation sites (tertiary alicyclic amines) is 1. The van der Waals surface area contributed by atoms with E-state index in [2.05, 4.69) is 14.5 Å². The number of pyridine rings is 1. The second-order valence-corrected chi connectivity index (χ2v) is 7.12. The number of Topliss-reactive ketones (excluding diaryl/α,β-unsaturated/α-hetero) is 1. The van der Waals surface area contributed by atoms with Gasteiger partial charge in [-0.1, -0.05) is 6.07 Å². The number of carbonyl (C=O) groups is 2. The van der Waals surface area contributed by atoms with Crippen LogP contribution in [0, 0.1) is 12.8 Å². The lowest BCUT2D eigenvalue weighted by Gasteiger charge is -2.17. The van der Waals surface area contributed by atoms with Crippen LogP contribution in [0.4, 0.5) is 8.78 Å². The Morgan fingerprint density at radius 3 is 2.79 bits per heavy atom. The highest BCUT2D eigenvalue weighted by molar-refractivity contribution is 6.04. The van der Waals surface area contributed by atoms with Gasteiger partial charge in [-0.3, -0.25) is 14.6 Å². The van der Waals surface area contributed by atoms with Crippen molar-refractivity contribution in [1.29, 1.82) is 0 Å². The summed E-state index contributed by atoms with van der Waals surface area (Å²) in [5.74, 6) is -2.01. The average Bonchev–Trinajstić information content (AvgIpc) is 3.10. The van der Waals surface area contributed by atoms with Crippen LogP contribution in [-0.2, 0) is 16.0 Å². The third-order valence-corrected chi connectivity index (χ3v) is 5.23. The van der Waals surface area contributed by atoms with Crippen molar-refractivity contribution in [2.24, 2.45) is 5.92 Å². The van der Waals surface area contributed by atoms with Crippen molar-refractivity contribution in [2.75, 3.05) is 13.6 Å². The highest BCUT2D eigenvalue weighted by Crippen LogP contribution is 2.44. The van der Waals surface area contributed by atoms with Gasteiger partial charge in [0.2, 0.25) is 5.91 Å². The van der Waals surface area contributed by atoms with E-state index < -0.39 is 18.1 Å². The van der Waals surface area contributed by atoms with Crippen molar-refractivity contribution in [3.8, 4) is 11.5 Å². The first kappa shape index (κ1) is 18.3. The number of halogens is 2. The number of nitrogens with zero attached hydrogens (tertiary/aromatic N) is 2. The Labute approximate surface area is 160 Å². The molecule has 2 aliphatic rings. The monoisotopic (exact) mass is 388 g/mol. The molecule has 1 aromatic carbocycles. The van der Waals surface area contributed by atoms with Gasteiger partial charge in [-0.2, -0.15) is 0 Å². The predicted molar refractivity (Wildman–Crippen MR) is 94.2 cm³/mol. The van der Waals surface area contributed by atoms with E-state index in [0.29, 0.717) is 12.1 Å². The van der Waals surface area contributed by atoms with E-state index in [9.17, 15) is 18.4 Å². The van der Waals surface area contributed by atoms with E-state index >= 15 is 0 Å². The maximum Gasteiger partial charge on any atom is 0.586 e. The SMILES string of the molecule is Cc1ccncc1CC(=O)[C@H]1C(=O)N(C)C[C@@H]1c1ccc2c(c1)OC(F)(F)O2. The topological polar surface area (TPSA) is 68.7 Å². The van der Waals surface area contributed by atoms with Gasteiger partial charge in [0.25, 0.3) is 0 Å². The number of aromatic nitrogens is 1. The molecule has 6 nitrogen and oxygen atoms in total. The Hall–Kier alpha value is -3.03. The van der Waals surface area contributed by atoms with Gasteiger partial charge in [0.1, 0.15) is 11.7 Å². The van der Waals surface area contributed by atoms with Gasteiger partial charge < -0.3 is 14.4 Å². The second-order valence-electron chi connectivity index (χ2n) is 7.12. The predicted octanol–water partition coefficient (Wildman–Crippen LogP) is 2.70. The number of amides is 1. The first-order valence-electron chi connectivity index (χ1n) is 8.82. The largest absolute Gasteiger partial charge is 0.586 e. The summed E-state index contributed by atoms with van der Waals surface area (Å²) in [4.78, 5) is 31.2. The molecular formula is C20H18F2N2O4. The Bertz CT molecular complexity index is 963. The summed E-state index contributed by atoms with van der Waals surface area (Å²) in [5.41, 5.74) is 2.27. The molecule has 2 aliphatic heterocycles. The lowest BCUT2D eigenvalue weighted by Crippen LogP contribution is -2.29. The molecule has 2 aromatic rings. The summed E-state index contributed by atoms with van der Waals surface area (Å²) < 4.78 is 35.5. The van der Waals surface area contributed by atoms with Gasteiger partial charge in [0, 0.05) is 38.3 Å². The van der Waals surface area contributed by atoms with Crippen LogP contribution < -0.4 is 9.47 Å². The molecule has 0 saturated carbocycles. The molecule has 0 bridgehead atoms. The lowest BCUT2D eigenvalue weighted by atomic mass is 9.83. The van der Waals surface area contributed by atoms with Gasteiger partial charge in [0.15, 0.2) is 11.5 Å². The van der Waals surface area contributed by atoms with Crippen molar-refractivity contribution in [3.63, 3.8) is 0 Å². The standard InChI is InChI=1S/C20H18F2N2O4/c1-11-5-6-23-9-13(11)7-15(25)18-14(10-24(2)19(18)26)12-3-4-16-17(8-12)28-20(21,22)27-16/h3-6,8-9,14,18H,7,10H2,1-2H3/t14-,18+/m1/s1. The molecule has 28 heavy (non-hydrogen) atoms. The molecule has 0 radical (unpaired) electrons. The van der Waals surface area contributed by atoms with E-state index in [1.54, 1.807) is 31.6 Å². The summed E-state index contributed by atoms with van der Waals surface area (Å²) in [5, 5.41) is 0. The zero-order chi connectivity index (χ0) is 20.1. The lowest BCUT2D eigenvalue weighted by molar-refractivity contribution is -0.286. The van der Waals surface area contributed by atoms with Crippen molar-refractivity contribution >= 4 is 11.7 Å². The Kier molecular flexibility index (Phi) is 4.28. The maximum absolute atomic E-state index is 13.3. The molecule has 1 aromatic heterocycles.